The predicted molar refractivity (Wildman–Crippen MR) is 114 cm³/mol. The average Bonchev–Trinajstić information content (AvgIpc) is 2.93. The first kappa shape index (κ1) is 18.7. The Bertz CT molecular complexity index is 1220. The van der Waals surface area contributed by atoms with E-state index in [0.29, 0.717) is 25.6 Å². The fourth-order valence-corrected chi connectivity index (χ4v) is 3.93. The third-order valence-corrected chi connectivity index (χ3v) is 5.84. The number of thiocarbonyl (C=S) groups is 1. The van der Waals surface area contributed by atoms with E-state index >= 15 is 0 Å². The standard InChI is InChI=1S/C19H12ClN3O3S2/c1-22-18(25)14(28-19(22)27)10-11-16(26-13-7-3-2-6-12(13)20)21-15-8-4-5-9-23(15)17(11)24/h2-10H,1H3/b14-10-. The summed E-state index contributed by atoms with van der Waals surface area (Å²) in [4.78, 5) is 31.6. The maximum atomic E-state index is 13.1. The molecule has 1 aliphatic rings. The van der Waals surface area contributed by atoms with E-state index in [9.17, 15) is 9.59 Å². The molecule has 9 heteroatoms. The summed E-state index contributed by atoms with van der Waals surface area (Å²) >= 11 is 12.5. The molecule has 1 saturated heterocycles. The molecular weight excluding hydrogens is 418 g/mol. The van der Waals surface area contributed by atoms with Gasteiger partial charge in [0.2, 0.25) is 5.88 Å². The van der Waals surface area contributed by atoms with Crippen molar-refractivity contribution in [1.82, 2.24) is 14.3 Å². The highest BCUT2D eigenvalue weighted by Gasteiger charge is 2.30. The van der Waals surface area contributed by atoms with E-state index < -0.39 is 0 Å². The van der Waals surface area contributed by atoms with E-state index in [0.717, 1.165) is 11.8 Å². The number of rotatable bonds is 3. The van der Waals surface area contributed by atoms with E-state index in [1.165, 1.54) is 15.4 Å². The van der Waals surface area contributed by atoms with Gasteiger partial charge in [-0.2, -0.15) is 4.98 Å². The van der Waals surface area contributed by atoms with Crippen LogP contribution in [0.1, 0.15) is 5.56 Å². The van der Waals surface area contributed by atoms with Crippen molar-refractivity contribution in [3.8, 4) is 11.6 Å². The molecule has 0 saturated carbocycles. The number of likely N-dealkylation sites (N-methyl/N-ethyl adjacent to an activating group) is 1. The van der Waals surface area contributed by atoms with Crippen molar-refractivity contribution in [2.24, 2.45) is 0 Å². The van der Waals surface area contributed by atoms with Crippen LogP contribution < -0.4 is 10.3 Å². The van der Waals surface area contributed by atoms with Gasteiger partial charge in [0.15, 0.2) is 0 Å². The maximum absolute atomic E-state index is 13.1. The molecule has 140 valence electrons. The molecule has 1 fully saturated rings. The van der Waals surface area contributed by atoms with Gasteiger partial charge >= 0.3 is 0 Å². The number of benzene rings is 1. The zero-order valence-corrected chi connectivity index (χ0v) is 16.8. The van der Waals surface area contributed by atoms with Crippen molar-refractivity contribution in [1.29, 1.82) is 0 Å². The van der Waals surface area contributed by atoms with Gasteiger partial charge < -0.3 is 4.74 Å². The van der Waals surface area contributed by atoms with Crippen LogP contribution in [-0.4, -0.2) is 31.6 Å². The number of para-hydroxylation sites is 1. The second-order valence-electron chi connectivity index (χ2n) is 5.84. The summed E-state index contributed by atoms with van der Waals surface area (Å²) in [5.41, 5.74) is 0.182. The average molecular weight is 430 g/mol. The summed E-state index contributed by atoms with van der Waals surface area (Å²) in [6.07, 6.45) is 3.07. The second-order valence-corrected chi connectivity index (χ2v) is 7.92. The van der Waals surface area contributed by atoms with Crippen LogP contribution in [0.2, 0.25) is 5.02 Å². The number of carbonyl (C=O) groups excluding carboxylic acids is 1. The van der Waals surface area contributed by atoms with Crippen LogP contribution in [0.5, 0.6) is 11.6 Å². The third-order valence-electron chi connectivity index (χ3n) is 4.04. The number of hydrogen-bond acceptors (Lipinski definition) is 6. The van der Waals surface area contributed by atoms with Crippen LogP contribution >= 0.6 is 35.6 Å². The summed E-state index contributed by atoms with van der Waals surface area (Å²) in [7, 11) is 1.59. The molecule has 2 aromatic heterocycles. The molecule has 3 heterocycles. The van der Waals surface area contributed by atoms with Crippen molar-refractivity contribution in [3.05, 3.63) is 74.5 Å². The van der Waals surface area contributed by atoms with Crippen molar-refractivity contribution in [2.75, 3.05) is 7.05 Å². The number of amides is 1. The lowest BCUT2D eigenvalue weighted by Crippen LogP contribution is -2.23. The highest BCUT2D eigenvalue weighted by Crippen LogP contribution is 2.34. The zero-order valence-electron chi connectivity index (χ0n) is 14.5. The molecule has 0 atom stereocenters. The molecule has 3 aromatic rings. The van der Waals surface area contributed by atoms with Gasteiger partial charge in [-0.25, -0.2) is 0 Å². The molecular formula is C19H12ClN3O3S2. The summed E-state index contributed by atoms with van der Waals surface area (Å²) in [5, 5.41) is 0.378. The number of aromatic nitrogens is 2. The zero-order chi connectivity index (χ0) is 19.8. The first-order valence-corrected chi connectivity index (χ1v) is 9.71. The molecule has 28 heavy (non-hydrogen) atoms. The van der Waals surface area contributed by atoms with Gasteiger partial charge in [-0.15, -0.1) is 0 Å². The third kappa shape index (κ3) is 3.30. The Hall–Kier alpha value is -2.68. The van der Waals surface area contributed by atoms with E-state index in [-0.39, 0.29) is 22.9 Å². The van der Waals surface area contributed by atoms with Gasteiger partial charge in [0.1, 0.15) is 21.3 Å². The minimum atomic E-state index is -0.367. The van der Waals surface area contributed by atoms with Crippen molar-refractivity contribution in [2.45, 2.75) is 0 Å². The highest BCUT2D eigenvalue weighted by atomic mass is 35.5. The van der Waals surface area contributed by atoms with E-state index in [2.05, 4.69) is 4.98 Å². The van der Waals surface area contributed by atoms with Crippen LogP contribution in [-0.2, 0) is 4.79 Å². The minimum Gasteiger partial charge on any atom is -0.437 e. The quantitative estimate of drug-likeness (QED) is 0.463. The number of hydrogen-bond donors (Lipinski definition) is 0. The topological polar surface area (TPSA) is 63.9 Å². The number of ether oxygens (including phenoxy) is 1. The van der Waals surface area contributed by atoms with Gasteiger partial charge in [-0.05, 0) is 30.3 Å². The number of fused-ring (bicyclic) bond motifs is 1. The Kier molecular flexibility index (Phi) is 4.92. The minimum absolute atomic E-state index is 0.0608. The first-order valence-electron chi connectivity index (χ1n) is 8.11. The van der Waals surface area contributed by atoms with Crippen LogP contribution in [0.4, 0.5) is 0 Å². The predicted octanol–water partition coefficient (Wildman–Crippen LogP) is 3.97. The summed E-state index contributed by atoms with van der Waals surface area (Å²) in [6, 6.07) is 12.1. The highest BCUT2D eigenvalue weighted by molar-refractivity contribution is 8.26. The van der Waals surface area contributed by atoms with Crippen LogP contribution in [0.15, 0.2) is 58.4 Å². The van der Waals surface area contributed by atoms with Crippen LogP contribution in [0.3, 0.4) is 0 Å². The number of thioether (sulfide) groups is 1. The van der Waals surface area contributed by atoms with E-state index in [1.807, 2.05) is 0 Å². The Balaban J connectivity index is 1.92. The molecule has 0 N–H and O–H groups in total. The first-order chi connectivity index (χ1) is 13.5. The number of carbonyl (C=O) groups is 1. The molecule has 0 spiro atoms. The Morgan fingerprint density at radius 1 is 1.18 bits per heavy atom. The summed E-state index contributed by atoms with van der Waals surface area (Å²) in [6.45, 7) is 0. The van der Waals surface area contributed by atoms with Gasteiger partial charge in [0.25, 0.3) is 11.5 Å². The second kappa shape index (κ2) is 7.38. The number of halogens is 1. The molecule has 1 aromatic carbocycles. The summed E-state index contributed by atoms with van der Waals surface area (Å²) in [5.74, 6) is 0.135. The van der Waals surface area contributed by atoms with Gasteiger partial charge in [-0.1, -0.05) is 53.8 Å². The largest absolute Gasteiger partial charge is 0.437 e. The van der Waals surface area contributed by atoms with E-state index in [4.69, 9.17) is 28.6 Å². The maximum Gasteiger partial charge on any atom is 0.269 e. The number of nitrogens with zero attached hydrogens (tertiary/aromatic N) is 3. The lowest BCUT2D eigenvalue weighted by Gasteiger charge is -2.11. The van der Waals surface area contributed by atoms with Gasteiger partial charge in [-0.3, -0.25) is 18.9 Å². The normalized spacial score (nSPS) is 15.6. The molecule has 0 unspecified atom stereocenters. The molecule has 0 aliphatic carbocycles. The van der Waals surface area contributed by atoms with Crippen molar-refractivity contribution < 1.29 is 9.53 Å². The fourth-order valence-electron chi connectivity index (χ4n) is 2.59. The molecule has 1 aliphatic heterocycles. The smallest absolute Gasteiger partial charge is 0.269 e. The molecule has 1 amide bonds. The van der Waals surface area contributed by atoms with Crippen LogP contribution in [0.25, 0.3) is 11.7 Å². The monoisotopic (exact) mass is 429 g/mol. The lowest BCUT2D eigenvalue weighted by atomic mass is 10.2. The lowest BCUT2D eigenvalue weighted by molar-refractivity contribution is -0.121. The van der Waals surface area contributed by atoms with Gasteiger partial charge in [0.05, 0.1) is 9.93 Å². The van der Waals surface area contributed by atoms with Gasteiger partial charge in [0, 0.05) is 13.2 Å². The number of pyridine rings is 1. The Morgan fingerprint density at radius 3 is 2.64 bits per heavy atom. The van der Waals surface area contributed by atoms with Crippen molar-refractivity contribution in [3.63, 3.8) is 0 Å². The summed E-state index contributed by atoms with van der Waals surface area (Å²) < 4.78 is 7.66. The molecule has 0 bridgehead atoms. The SMILES string of the molecule is CN1C(=O)/C(=C/c2c(Oc3ccccc3Cl)nc3ccccn3c2=O)SC1=S. The molecule has 0 radical (unpaired) electrons. The van der Waals surface area contributed by atoms with E-state index in [1.54, 1.807) is 55.7 Å². The van der Waals surface area contributed by atoms with Crippen LogP contribution in [0, 0.1) is 0 Å². The molecule has 6 nitrogen and oxygen atoms in total. The molecule has 4 rings (SSSR count). The fraction of sp³-hybridized carbons (Fsp3) is 0.0526. The Morgan fingerprint density at radius 2 is 1.93 bits per heavy atom. The van der Waals surface area contributed by atoms with Crippen molar-refractivity contribution >= 4 is 57.5 Å². The Labute approximate surface area is 174 Å².